The zero-order chi connectivity index (χ0) is 13.1. The lowest BCUT2D eigenvalue weighted by atomic mass is 10.0. The lowest BCUT2D eigenvalue weighted by molar-refractivity contribution is -0.139. The van der Waals surface area contributed by atoms with Gasteiger partial charge in [-0.2, -0.15) is 0 Å². The van der Waals surface area contributed by atoms with Crippen molar-refractivity contribution in [3.8, 4) is 5.75 Å². The van der Waals surface area contributed by atoms with Gasteiger partial charge in [0.2, 0.25) is 0 Å². The molecule has 1 aliphatic rings. The molecule has 18 heavy (non-hydrogen) atoms. The molecule has 0 radical (unpaired) electrons. The molecule has 98 valence electrons. The van der Waals surface area contributed by atoms with Crippen molar-refractivity contribution in [3.63, 3.8) is 0 Å². The molecule has 1 heterocycles. The van der Waals surface area contributed by atoms with Gasteiger partial charge in [0.25, 0.3) is 0 Å². The molecule has 0 saturated heterocycles. The summed E-state index contributed by atoms with van der Waals surface area (Å²) in [6, 6.07) is 5.33. The number of fused-ring (bicyclic) bond motifs is 1. The summed E-state index contributed by atoms with van der Waals surface area (Å²) in [4.78, 5) is 10.9. The zero-order valence-electron chi connectivity index (χ0n) is 10.1. The molecule has 2 atom stereocenters. The fourth-order valence-electron chi connectivity index (χ4n) is 2.09. The summed E-state index contributed by atoms with van der Waals surface area (Å²) in [5.74, 6) is -0.00390. The van der Waals surface area contributed by atoms with Crippen LogP contribution in [0, 0.1) is 0 Å². The second-order valence-corrected chi connectivity index (χ2v) is 5.37. The number of carboxylic acids is 1. The van der Waals surface area contributed by atoms with E-state index < -0.39 is 12.0 Å². The highest BCUT2D eigenvalue weighted by Gasteiger charge is 2.23. The van der Waals surface area contributed by atoms with E-state index in [0.29, 0.717) is 6.61 Å². The van der Waals surface area contributed by atoms with Crippen molar-refractivity contribution in [1.29, 1.82) is 0 Å². The highest BCUT2D eigenvalue weighted by Crippen LogP contribution is 2.33. The minimum atomic E-state index is -0.834. The van der Waals surface area contributed by atoms with E-state index in [2.05, 4.69) is 21.2 Å². The zero-order valence-corrected chi connectivity index (χ0v) is 11.7. The monoisotopic (exact) mass is 313 g/mol. The third kappa shape index (κ3) is 3.03. The molecule has 0 amide bonds. The van der Waals surface area contributed by atoms with Crippen molar-refractivity contribution < 1.29 is 14.6 Å². The number of carboxylic acid groups (broad SMARTS) is 1. The van der Waals surface area contributed by atoms with Gasteiger partial charge in [0, 0.05) is 16.1 Å². The number of hydrogen-bond acceptors (Lipinski definition) is 3. The van der Waals surface area contributed by atoms with E-state index in [1.165, 1.54) is 0 Å². The van der Waals surface area contributed by atoms with Crippen LogP contribution < -0.4 is 10.1 Å². The number of aliphatic carboxylic acids is 1. The molecular formula is C13H16BrNO3. The first-order chi connectivity index (χ1) is 8.58. The molecule has 1 aliphatic heterocycles. The summed E-state index contributed by atoms with van der Waals surface area (Å²) in [5, 5.41) is 12.1. The first kappa shape index (κ1) is 13.4. The Balaban J connectivity index is 2.24. The summed E-state index contributed by atoms with van der Waals surface area (Å²) < 4.78 is 6.65. The third-order valence-corrected chi connectivity index (χ3v) is 3.56. The van der Waals surface area contributed by atoms with Crippen LogP contribution in [0.3, 0.4) is 0 Å². The van der Waals surface area contributed by atoms with Crippen LogP contribution in [0.25, 0.3) is 0 Å². The van der Waals surface area contributed by atoms with Crippen molar-refractivity contribution in [3.05, 3.63) is 28.2 Å². The maximum atomic E-state index is 10.9. The Morgan fingerprint density at radius 2 is 2.39 bits per heavy atom. The van der Waals surface area contributed by atoms with Gasteiger partial charge in [-0.1, -0.05) is 22.0 Å². The number of halogens is 1. The van der Waals surface area contributed by atoms with E-state index in [0.717, 1.165) is 28.6 Å². The van der Waals surface area contributed by atoms with Crippen molar-refractivity contribution in [2.24, 2.45) is 0 Å². The molecule has 0 aliphatic carbocycles. The molecule has 0 spiro atoms. The van der Waals surface area contributed by atoms with Crippen molar-refractivity contribution in [2.45, 2.75) is 31.8 Å². The fraction of sp³-hybridized carbons (Fsp3) is 0.462. The largest absolute Gasteiger partial charge is 0.493 e. The summed E-state index contributed by atoms with van der Waals surface area (Å²) >= 11 is 3.42. The SMILES string of the molecule is CC(NC1CCCOc2cc(Br)ccc21)C(=O)O. The van der Waals surface area contributed by atoms with Crippen LogP contribution in [0.15, 0.2) is 22.7 Å². The molecule has 1 aromatic rings. The molecule has 1 aromatic carbocycles. The summed E-state index contributed by atoms with van der Waals surface area (Å²) in [6.45, 7) is 2.33. The Morgan fingerprint density at radius 3 is 3.11 bits per heavy atom. The highest BCUT2D eigenvalue weighted by molar-refractivity contribution is 9.10. The summed E-state index contributed by atoms with van der Waals surface area (Å²) in [7, 11) is 0. The molecule has 4 nitrogen and oxygen atoms in total. The van der Waals surface area contributed by atoms with Crippen LogP contribution >= 0.6 is 15.9 Å². The van der Waals surface area contributed by atoms with Crippen LogP contribution in [0.5, 0.6) is 5.75 Å². The Hall–Kier alpha value is -1.07. The van der Waals surface area contributed by atoms with Crippen LogP contribution in [-0.4, -0.2) is 23.7 Å². The molecule has 0 bridgehead atoms. The van der Waals surface area contributed by atoms with Crippen LogP contribution in [0.4, 0.5) is 0 Å². The van der Waals surface area contributed by atoms with E-state index in [4.69, 9.17) is 9.84 Å². The molecule has 2 unspecified atom stereocenters. The number of carbonyl (C=O) groups is 1. The Morgan fingerprint density at radius 1 is 1.61 bits per heavy atom. The van der Waals surface area contributed by atoms with Crippen molar-refractivity contribution in [2.75, 3.05) is 6.61 Å². The minimum Gasteiger partial charge on any atom is -0.493 e. The number of hydrogen-bond donors (Lipinski definition) is 2. The van der Waals surface area contributed by atoms with Crippen molar-refractivity contribution >= 4 is 21.9 Å². The molecule has 5 heteroatoms. The van der Waals surface area contributed by atoms with Crippen LogP contribution in [-0.2, 0) is 4.79 Å². The highest BCUT2D eigenvalue weighted by atomic mass is 79.9. The Kier molecular flexibility index (Phi) is 4.24. The second-order valence-electron chi connectivity index (χ2n) is 4.45. The normalized spacial score (nSPS) is 20.4. The predicted octanol–water partition coefficient (Wildman–Crippen LogP) is 2.73. The minimum absolute atomic E-state index is 0.0294. The average molecular weight is 314 g/mol. The van der Waals surface area contributed by atoms with E-state index in [1.807, 2.05) is 18.2 Å². The molecule has 0 aromatic heterocycles. The predicted molar refractivity (Wildman–Crippen MR) is 71.8 cm³/mol. The van der Waals surface area contributed by atoms with Gasteiger partial charge in [-0.3, -0.25) is 10.1 Å². The lowest BCUT2D eigenvalue weighted by Gasteiger charge is -2.21. The smallest absolute Gasteiger partial charge is 0.320 e. The van der Waals surface area contributed by atoms with Crippen molar-refractivity contribution in [1.82, 2.24) is 5.32 Å². The maximum Gasteiger partial charge on any atom is 0.320 e. The number of benzene rings is 1. The standard InChI is InChI=1S/C13H16BrNO3/c1-8(13(16)17)15-11-3-2-6-18-12-7-9(14)4-5-10(11)12/h4-5,7-8,11,15H,2-3,6H2,1H3,(H,16,17). The van der Waals surface area contributed by atoms with Gasteiger partial charge in [0.15, 0.2) is 0 Å². The summed E-state index contributed by atoms with van der Waals surface area (Å²) in [6.07, 6.45) is 1.79. The van der Waals surface area contributed by atoms with Gasteiger partial charge in [0.1, 0.15) is 11.8 Å². The fourth-order valence-corrected chi connectivity index (χ4v) is 2.43. The molecule has 0 saturated carbocycles. The van der Waals surface area contributed by atoms with Gasteiger partial charge < -0.3 is 9.84 Å². The van der Waals surface area contributed by atoms with Gasteiger partial charge >= 0.3 is 5.97 Å². The average Bonchev–Trinajstić information content (AvgIpc) is 2.51. The Bertz CT molecular complexity index is 450. The van der Waals surface area contributed by atoms with E-state index in [1.54, 1.807) is 6.92 Å². The topological polar surface area (TPSA) is 58.6 Å². The first-order valence-electron chi connectivity index (χ1n) is 5.99. The van der Waals surface area contributed by atoms with E-state index in [9.17, 15) is 4.79 Å². The first-order valence-corrected chi connectivity index (χ1v) is 6.78. The lowest BCUT2D eigenvalue weighted by Crippen LogP contribution is -2.36. The number of rotatable bonds is 3. The summed E-state index contributed by atoms with van der Waals surface area (Å²) in [5.41, 5.74) is 1.03. The molecule has 2 rings (SSSR count). The van der Waals surface area contributed by atoms with Gasteiger partial charge in [-0.15, -0.1) is 0 Å². The third-order valence-electron chi connectivity index (χ3n) is 3.07. The molecule has 0 fully saturated rings. The van der Waals surface area contributed by atoms with E-state index >= 15 is 0 Å². The van der Waals surface area contributed by atoms with E-state index in [-0.39, 0.29) is 6.04 Å². The van der Waals surface area contributed by atoms with Crippen LogP contribution in [0.2, 0.25) is 0 Å². The second kappa shape index (κ2) is 5.71. The quantitative estimate of drug-likeness (QED) is 0.901. The Labute approximate surface area is 114 Å². The van der Waals surface area contributed by atoms with Gasteiger partial charge in [-0.25, -0.2) is 0 Å². The maximum absolute atomic E-state index is 10.9. The number of ether oxygens (including phenoxy) is 1. The molecule has 2 N–H and O–H groups in total. The van der Waals surface area contributed by atoms with Crippen LogP contribution in [0.1, 0.15) is 31.4 Å². The molecular weight excluding hydrogens is 298 g/mol. The van der Waals surface area contributed by atoms with Gasteiger partial charge in [-0.05, 0) is 31.9 Å². The number of nitrogens with one attached hydrogen (secondary N) is 1. The van der Waals surface area contributed by atoms with Gasteiger partial charge in [0.05, 0.1) is 6.61 Å².